The summed E-state index contributed by atoms with van der Waals surface area (Å²) in [6.45, 7) is 11.8. The van der Waals surface area contributed by atoms with Crippen LogP contribution in [-0.2, 0) is 14.4 Å². The van der Waals surface area contributed by atoms with E-state index in [0.717, 1.165) is 5.56 Å². The zero-order chi connectivity index (χ0) is 21.6. The van der Waals surface area contributed by atoms with Crippen molar-refractivity contribution in [2.75, 3.05) is 0 Å². The third kappa shape index (κ3) is 5.90. The van der Waals surface area contributed by atoms with Gasteiger partial charge in [0.15, 0.2) is 11.5 Å². The molecule has 0 bridgehead atoms. The molecule has 0 saturated carbocycles. The molecule has 150 valence electrons. The van der Waals surface area contributed by atoms with Crippen molar-refractivity contribution < 1.29 is 28.6 Å². The Hall–Kier alpha value is -3.67. The zero-order valence-electron chi connectivity index (χ0n) is 16.6. The maximum Gasteiger partial charge on any atom is 0.338 e. The topological polar surface area (TPSA) is 78.9 Å². The molecule has 0 amide bonds. The Morgan fingerprint density at radius 2 is 1.31 bits per heavy atom. The van der Waals surface area contributed by atoms with Crippen LogP contribution in [0.5, 0.6) is 17.2 Å². The summed E-state index contributed by atoms with van der Waals surface area (Å²) in [5, 5.41) is 0. The van der Waals surface area contributed by atoms with E-state index in [1.165, 1.54) is 6.92 Å². The van der Waals surface area contributed by atoms with Gasteiger partial charge in [-0.15, -0.1) is 0 Å². The second kappa shape index (κ2) is 9.50. The molecule has 2 aromatic carbocycles. The number of rotatable bonds is 7. The number of esters is 3. The van der Waals surface area contributed by atoms with Crippen molar-refractivity contribution in [1.29, 1.82) is 0 Å². The molecule has 0 aliphatic carbocycles. The average Bonchev–Trinajstić information content (AvgIpc) is 2.69. The lowest BCUT2D eigenvalue weighted by molar-refractivity contribution is -0.135. The normalized spacial score (nSPS) is 10.0. The van der Waals surface area contributed by atoms with E-state index < -0.39 is 17.9 Å². The number of benzene rings is 2. The summed E-state index contributed by atoms with van der Waals surface area (Å²) >= 11 is 0. The van der Waals surface area contributed by atoms with E-state index in [1.54, 1.807) is 56.3 Å². The molecule has 6 nitrogen and oxygen atoms in total. The molecule has 0 saturated heterocycles. The zero-order valence-corrected chi connectivity index (χ0v) is 16.6. The van der Waals surface area contributed by atoms with E-state index in [9.17, 15) is 14.4 Å². The molecule has 0 spiro atoms. The van der Waals surface area contributed by atoms with Gasteiger partial charge >= 0.3 is 17.9 Å². The quantitative estimate of drug-likeness (QED) is 0.387. The molecular weight excluding hydrogens is 372 g/mol. The predicted octanol–water partition coefficient (Wildman–Crippen LogP) is 4.63. The van der Waals surface area contributed by atoms with Crippen molar-refractivity contribution >= 4 is 17.9 Å². The van der Waals surface area contributed by atoms with E-state index in [4.69, 9.17) is 14.2 Å². The Morgan fingerprint density at radius 1 is 0.759 bits per heavy atom. The van der Waals surface area contributed by atoms with E-state index in [-0.39, 0.29) is 23.5 Å². The Bertz CT molecular complexity index is 969. The van der Waals surface area contributed by atoms with Crippen molar-refractivity contribution in [3.05, 3.63) is 66.8 Å². The average molecular weight is 394 g/mol. The van der Waals surface area contributed by atoms with Gasteiger partial charge < -0.3 is 14.2 Å². The van der Waals surface area contributed by atoms with Gasteiger partial charge in [-0.3, -0.25) is 4.79 Å². The first kappa shape index (κ1) is 21.6. The monoisotopic (exact) mass is 394 g/mol. The molecule has 0 atom stereocenters. The summed E-state index contributed by atoms with van der Waals surface area (Å²) in [4.78, 5) is 35.2. The lowest BCUT2D eigenvalue weighted by Crippen LogP contribution is -2.11. The second-order valence-corrected chi connectivity index (χ2v) is 6.35. The van der Waals surface area contributed by atoms with E-state index in [0.29, 0.717) is 16.9 Å². The first-order valence-electron chi connectivity index (χ1n) is 8.91. The lowest BCUT2D eigenvalue weighted by atomic mass is 10.0. The maximum absolute atomic E-state index is 12.0. The fourth-order valence-corrected chi connectivity index (χ4v) is 2.14. The van der Waals surface area contributed by atoms with Crippen LogP contribution >= 0.6 is 0 Å². The lowest BCUT2D eigenvalue weighted by Gasteiger charge is -2.12. The van der Waals surface area contributed by atoms with Crippen LogP contribution in [0.25, 0.3) is 11.1 Å². The summed E-state index contributed by atoms with van der Waals surface area (Å²) in [7, 11) is 0. The molecule has 0 aliphatic heterocycles. The molecule has 0 heterocycles. The smallest absolute Gasteiger partial charge is 0.338 e. The fourth-order valence-electron chi connectivity index (χ4n) is 2.14. The molecule has 2 aromatic rings. The molecule has 0 fully saturated rings. The van der Waals surface area contributed by atoms with Crippen molar-refractivity contribution in [3.63, 3.8) is 0 Å². The van der Waals surface area contributed by atoms with Gasteiger partial charge in [0.2, 0.25) is 0 Å². The van der Waals surface area contributed by atoms with Gasteiger partial charge in [-0.1, -0.05) is 38.3 Å². The Labute approximate surface area is 169 Å². The highest BCUT2D eigenvalue weighted by atomic mass is 16.6. The predicted molar refractivity (Wildman–Crippen MR) is 109 cm³/mol. The minimum atomic E-state index is -0.627. The highest BCUT2D eigenvalue weighted by molar-refractivity contribution is 5.90. The van der Waals surface area contributed by atoms with Crippen LogP contribution in [0.1, 0.15) is 27.2 Å². The van der Waals surface area contributed by atoms with Crippen molar-refractivity contribution in [2.45, 2.75) is 27.2 Å². The van der Waals surface area contributed by atoms with Gasteiger partial charge in [-0.2, -0.15) is 0 Å². The van der Waals surface area contributed by atoms with Crippen LogP contribution in [0, 0.1) is 0 Å². The summed E-state index contributed by atoms with van der Waals surface area (Å²) in [6.07, 6.45) is 0.181. The van der Waals surface area contributed by atoms with Crippen LogP contribution in [0.2, 0.25) is 0 Å². The molecule has 2 rings (SSSR count). The van der Waals surface area contributed by atoms with Gasteiger partial charge in [-0.05, 0) is 49.2 Å². The van der Waals surface area contributed by atoms with Crippen LogP contribution in [0.4, 0.5) is 0 Å². The summed E-state index contributed by atoms with van der Waals surface area (Å²) < 4.78 is 15.7. The third-order valence-corrected chi connectivity index (χ3v) is 3.75. The van der Waals surface area contributed by atoms with Gasteiger partial charge in [0.05, 0.1) is 0 Å². The van der Waals surface area contributed by atoms with E-state index in [1.807, 2.05) is 0 Å². The van der Waals surface area contributed by atoms with Gasteiger partial charge in [-0.25, -0.2) is 9.59 Å². The Kier molecular flexibility index (Phi) is 7.09. The molecular formula is C23H22O6. The summed E-state index contributed by atoms with van der Waals surface area (Å²) in [5.74, 6) is -0.956. The first-order valence-corrected chi connectivity index (χ1v) is 8.91. The van der Waals surface area contributed by atoms with Crippen LogP contribution in [-0.4, -0.2) is 17.9 Å². The molecule has 6 heteroatoms. The largest absolute Gasteiger partial charge is 0.423 e. The Balaban J connectivity index is 2.33. The fraction of sp³-hybridized carbons (Fsp3) is 0.174. The van der Waals surface area contributed by atoms with Gasteiger partial charge in [0.25, 0.3) is 0 Å². The molecule has 0 aliphatic rings. The van der Waals surface area contributed by atoms with Gasteiger partial charge in [0.1, 0.15) is 5.75 Å². The van der Waals surface area contributed by atoms with Crippen molar-refractivity contribution in [1.82, 2.24) is 0 Å². The second-order valence-electron chi connectivity index (χ2n) is 6.35. The number of carbonyl (C=O) groups excluding carboxylic acids is 3. The van der Waals surface area contributed by atoms with Crippen molar-refractivity contribution in [3.8, 4) is 28.4 Å². The van der Waals surface area contributed by atoms with Crippen LogP contribution < -0.4 is 14.2 Å². The number of ether oxygens (including phenoxy) is 3. The highest BCUT2D eigenvalue weighted by Crippen LogP contribution is 2.34. The molecule has 0 aromatic heterocycles. The SMILES string of the molecule is C=C(C)C(=O)Oc1ccc(-c2ccc(OC(=O)CC)c(OC(=O)C(=C)C)c2)cc1. The van der Waals surface area contributed by atoms with E-state index >= 15 is 0 Å². The van der Waals surface area contributed by atoms with Crippen molar-refractivity contribution in [2.24, 2.45) is 0 Å². The summed E-state index contributed by atoms with van der Waals surface area (Å²) in [6, 6.07) is 11.6. The van der Waals surface area contributed by atoms with Crippen LogP contribution in [0.3, 0.4) is 0 Å². The van der Waals surface area contributed by atoms with E-state index in [2.05, 4.69) is 13.2 Å². The molecule has 29 heavy (non-hydrogen) atoms. The van der Waals surface area contributed by atoms with Crippen LogP contribution in [0.15, 0.2) is 66.8 Å². The number of carbonyl (C=O) groups is 3. The molecule has 0 N–H and O–H groups in total. The first-order chi connectivity index (χ1) is 13.7. The summed E-state index contributed by atoms with van der Waals surface area (Å²) in [5.41, 5.74) is 2.01. The molecule has 0 unspecified atom stereocenters. The standard InChI is InChI=1S/C23H22O6/c1-6-21(24)28-19-12-9-17(13-20(19)29-23(26)15(4)5)16-7-10-18(11-8-16)27-22(25)14(2)3/h7-13H,2,4,6H2,1,3,5H3. The molecule has 0 radical (unpaired) electrons. The minimum Gasteiger partial charge on any atom is -0.423 e. The Morgan fingerprint density at radius 3 is 1.86 bits per heavy atom. The third-order valence-electron chi connectivity index (χ3n) is 3.75. The maximum atomic E-state index is 12.0. The van der Waals surface area contributed by atoms with Gasteiger partial charge in [0, 0.05) is 17.6 Å². The highest BCUT2D eigenvalue weighted by Gasteiger charge is 2.15. The number of hydrogen-bond acceptors (Lipinski definition) is 6. The minimum absolute atomic E-state index is 0.107. The number of hydrogen-bond donors (Lipinski definition) is 0.